The van der Waals surface area contributed by atoms with Gasteiger partial charge in [0.2, 0.25) is 5.91 Å². The van der Waals surface area contributed by atoms with Gasteiger partial charge < -0.3 is 21.3 Å². The summed E-state index contributed by atoms with van der Waals surface area (Å²) in [4.78, 5) is 24.7. The largest absolute Gasteiger partial charge is 0.354 e. The summed E-state index contributed by atoms with van der Waals surface area (Å²) in [6.07, 6.45) is 4.06. The molecular formula is C13H26N4O2. The first-order valence-corrected chi connectivity index (χ1v) is 6.97. The van der Waals surface area contributed by atoms with Crippen molar-refractivity contribution in [2.45, 2.75) is 25.7 Å². The van der Waals surface area contributed by atoms with E-state index >= 15 is 0 Å². The molecule has 110 valence electrons. The van der Waals surface area contributed by atoms with E-state index in [4.69, 9.17) is 5.73 Å². The minimum atomic E-state index is -0.143. The van der Waals surface area contributed by atoms with Crippen LogP contribution < -0.4 is 16.4 Å². The lowest BCUT2D eigenvalue weighted by atomic mass is 9.81. The zero-order valence-corrected chi connectivity index (χ0v) is 11.9. The zero-order valence-electron chi connectivity index (χ0n) is 11.9. The molecule has 0 saturated heterocycles. The van der Waals surface area contributed by atoms with Crippen LogP contribution in [0.1, 0.15) is 25.7 Å². The van der Waals surface area contributed by atoms with Crippen LogP contribution in [0.3, 0.4) is 0 Å². The van der Waals surface area contributed by atoms with Crippen molar-refractivity contribution in [1.82, 2.24) is 15.5 Å². The second kappa shape index (κ2) is 7.99. The van der Waals surface area contributed by atoms with Crippen molar-refractivity contribution in [3.05, 3.63) is 0 Å². The van der Waals surface area contributed by atoms with Crippen LogP contribution >= 0.6 is 0 Å². The predicted octanol–water partition coefficient (Wildman–Crippen LogP) is 0.139. The molecule has 0 heterocycles. The molecule has 0 spiro atoms. The summed E-state index contributed by atoms with van der Waals surface area (Å²) in [5, 5.41) is 5.59. The van der Waals surface area contributed by atoms with Crippen LogP contribution in [-0.2, 0) is 4.79 Å². The number of amides is 3. The minimum Gasteiger partial charge on any atom is -0.354 e. The maximum absolute atomic E-state index is 12.0. The molecule has 0 radical (unpaired) electrons. The Hall–Kier alpha value is -1.30. The third-order valence-corrected chi connectivity index (χ3v) is 3.59. The summed E-state index contributed by atoms with van der Waals surface area (Å²) in [5.41, 5.74) is 5.67. The first-order chi connectivity index (χ1) is 9.04. The van der Waals surface area contributed by atoms with Gasteiger partial charge in [-0.2, -0.15) is 0 Å². The Morgan fingerprint density at radius 2 is 1.89 bits per heavy atom. The van der Waals surface area contributed by atoms with Crippen LogP contribution in [0, 0.1) is 11.8 Å². The number of carbonyl (C=O) groups is 2. The first-order valence-electron chi connectivity index (χ1n) is 6.97. The molecule has 0 aromatic heterocycles. The highest BCUT2D eigenvalue weighted by atomic mass is 16.2. The summed E-state index contributed by atoms with van der Waals surface area (Å²) in [6, 6.07) is -0.143. The van der Waals surface area contributed by atoms with E-state index in [0.29, 0.717) is 25.6 Å². The lowest BCUT2D eigenvalue weighted by Gasteiger charge is -2.27. The summed E-state index contributed by atoms with van der Waals surface area (Å²) in [6.45, 7) is 1.60. The highest BCUT2D eigenvalue weighted by Crippen LogP contribution is 2.28. The molecule has 0 aromatic carbocycles. The number of nitrogens with zero attached hydrogens (tertiary/aromatic N) is 1. The van der Waals surface area contributed by atoms with E-state index < -0.39 is 0 Å². The number of rotatable bonds is 5. The highest BCUT2D eigenvalue weighted by Gasteiger charge is 2.26. The molecule has 0 aliphatic heterocycles. The van der Waals surface area contributed by atoms with Crippen molar-refractivity contribution in [3.8, 4) is 0 Å². The van der Waals surface area contributed by atoms with Crippen LogP contribution in [0.25, 0.3) is 0 Å². The van der Waals surface area contributed by atoms with Gasteiger partial charge in [0.25, 0.3) is 0 Å². The second-order valence-corrected chi connectivity index (χ2v) is 5.38. The third-order valence-electron chi connectivity index (χ3n) is 3.59. The van der Waals surface area contributed by atoms with Gasteiger partial charge in [0.05, 0.1) is 0 Å². The van der Waals surface area contributed by atoms with Gasteiger partial charge in [-0.25, -0.2) is 4.79 Å². The number of nitrogens with two attached hydrogens (primary N) is 1. The molecule has 3 amide bonds. The Balaban J connectivity index is 2.18. The topological polar surface area (TPSA) is 87.5 Å². The molecule has 2 unspecified atom stereocenters. The standard InChI is InChI=1S/C13H26N4O2/c1-17(2)13(19)16-7-6-15-12(18)11-5-3-4-10(8-11)9-14/h10-11H,3-9,14H2,1-2H3,(H,15,18)(H,16,19). The Kier molecular flexibility index (Phi) is 6.62. The molecule has 4 N–H and O–H groups in total. The highest BCUT2D eigenvalue weighted by molar-refractivity contribution is 5.78. The average molecular weight is 270 g/mol. The van der Waals surface area contributed by atoms with Gasteiger partial charge in [0.1, 0.15) is 0 Å². The fraction of sp³-hybridized carbons (Fsp3) is 0.846. The van der Waals surface area contributed by atoms with Crippen molar-refractivity contribution >= 4 is 11.9 Å². The lowest BCUT2D eigenvalue weighted by molar-refractivity contribution is -0.126. The molecule has 1 saturated carbocycles. The van der Waals surface area contributed by atoms with Crippen molar-refractivity contribution in [3.63, 3.8) is 0 Å². The molecule has 6 heteroatoms. The Morgan fingerprint density at radius 3 is 2.53 bits per heavy atom. The van der Waals surface area contributed by atoms with Crippen molar-refractivity contribution < 1.29 is 9.59 Å². The van der Waals surface area contributed by atoms with E-state index in [2.05, 4.69) is 10.6 Å². The number of hydrogen-bond donors (Lipinski definition) is 3. The van der Waals surface area contributed by atoms with Gasteiger partial charge in [-0.3, -0.25) is 4.79 Å². The maximum Gasteiger partial charge on any atom is 0.316 e. The van der Waals surface area contributed by atoms with Crippen molar-refractivity contribution in [1.29, 1.82) is 0 Å². The predicted molar refractivity (Wildman–Crippen MR) is 74.6 cm³/mol. The zero-order chi connectivity index (χ0) is 14.3. The van der Waals surface area contributed by atoms with Gasteiger partial charge in [-0.15, -0.1) is 0 Å². The molecular weight excluding hydrogens is 244 g/mol. The number of hydrogen-bond acceptors (Lipinski definition) is 3. The van der Waals surface area contributed by atoms with E-state index in [9.17, 15) is 9.59 Å². The minimum absolute atomic E-state index is 0.0897. The van der Waals surface area contributed by atoms with E-state index in [0.717, 1.165) is 25.7 Å². The quantitative estimate of drug-likeness (QED) is 0.621. The van der Waals surface area contributed by atoms with Gasteiger partial charge in [0.15, 0.2) is 0 Å². The van der Waals surface area contributed by atoms with Crippen LogP contribution in [0.15, 0.2) is 0 Å². The van der Waals surface area contributed by atoms with Gasteiger partial charge >= 0.3 is 6.03 Å². The lowest BCUT2D eigenvalue weighted by Crippen LogP contribution is -2.41. The smallest absolute Gasteiger partial charge is 0.316 e. The first kappa shape index (κ1) is 15.8. The van der Waals surface area contributed by atoms with Crippen molar-refractivity contribution in [2.75, 3.05) is 33.7 Å². The molecule has 2 atom stereocenters. The van der Waals surface area contributed by atoms with Crippen LogP contribution in [0.2, 0.25) is 0 Å². The fourth-order valence-electron chi connectivity index (χ4n) is 2.40. The molecule has 0 aromatic rings. The average Bonchev–Trinajstić information content (AvgIpc) is 2.42. The third kappa shape index (κ3) is 5.46. The molecule has 1 rings (SSSR count). The van der Waals surface area contributed by atoms with Crippen LogP contribution in [0.5, 0.6) is 0 Å². The second-order valence-electron chi connectivity index (χ2n) is 5.38. The maximum atomic E-state index is 12.0. The summed E-state index contributed by atoms with van der Waals surface area (Å²) in [5.74, 6) is 0.669. The van der Waals surface area contributed by atoms with E-state index in [1.807, 2.05) is 0 Å². The summed E-state index contributed by atoms with van der Waals surface area (Å²) < 4.78 is 0. The van der Waals surface area contributed by atoms with Gasteiger partial charge in [0, 0.05) is 33.1 Å². The van der Waals surface area contributed by atoms with Crippen molar-refractivity contribution in [2.24, 2.45) is 17.6 Å². The Bertz CT molecular complexity index is 307. The van der Waals surface area contributed by atoms with Crippen LogP contribution in [-0.4, -0.2) is 50.6 Å². The molecule has 6 nitrogen and oxygen atoms in total. The van der Waals surface area contributed by atoms with E-state index in [-0.39, 0.29) is 17.9 Å². The summed E-state index contributed by atoms with van der Waals surface area (Å²) >= 11 is 0. The van der Waals surface area contributed by atoms with Crippen LogP contribution in [0.4, 0.5) is 4.79 Å². The molecule has 1 fully saturated rings. The molecule has 0 bridgehead atoms. The Labute approximate surface area is 115 Å². The van der Waals surface area contributed by atoms with E-state index in [1.54, 1.807) is 14.1 Å². The Morgan fingerprint density at radius 1 is 1.21 bits per heavy atom. The van der Waals surface area contributed by atoms with E-state index in [1.165, 1.54) is 4.90 Å². The molecule has 19 heavy (non-hydrogen) atoms. The summed E-state index contributed by atoms with van der Waals surface area (Å²) in [7, 11) is 3.37. The monoisotopic (exact) mass is 270 g/mol. The SMILES string of the molecule is CN(C)C(=O)NCCNC(=O)C1CCCC(CN)C1. The molecule has 1 aliphatic rings. The fourth-order valence-corrected chi connectivity index (χ4v) is 2.40. The number of carbonyl (C=O) groups excluding carboxylic acids is 2. The number of nitrogens with one attached hydrogen (secondary N) is 2. The number of urea groups is 1. The molecule has 1 aliphatic carbocycles. The van der Waals surface area contributed by atoms with Gasteiger partial charge in [-0.1, -0.05) is 6.42 Å². The van der Waals surface area contributed by atoms with Gasteiger partial charge in [-0.05, 0) is 31.7 Å². The normalized spacial score (nSPS) is 22.7.